The van der Waals surface area contributed by atoms with Gasteiger partial charge in [-0.3, -0.25) is 9.98 Å². The van der Waals surface area contributed by atoms with E-state index in [0.29, 0.717) is 0 Å². The summed E-state index contributed by atoms with van der Waals surface area (Å²) in [5.74, 6) is 0. The second kappa shape index (κ2) is 9.46. The average molecular weight is 272 g/mol. The molecule has 2 heteroatoms. The van der Waals surface area contributed by atoms with Crippen molar-refractivity contribution in [2.75, 3.05) is 6.54 Å². The maximum atomic E-state index is 4.73. The maximum Gasteiger partial charge on any atom is 0.0651 e. The van der Waals surface area contributed by atoms with E-state index in [0.717, 1.165) is 30.8 Å². The Morgan fingerprint density at radius 1 is 1.30 bits per heavy atom. The van der Waals surface area contributed by atoms with Crippen molar-refractivity contribution in [3.63, 3.8) is 0 Å². The first-order valence-corrected chi connectivity index (χ1v) is 7.81. The summed E-state index contributed by atoms with van der Waals surface area (Å²) >= 11 is 0. The van der Waals surface area contributed by atoms with Crippen LogP contribution < -0.4 is 0 Å². The molecule has 0 unspecified atom stereocenters. The van der Waals surface area contributed by atoms with Crippen molar-refractivity contribution in [3.05, 3.63) is 36.1 Å². The first-order valence-electron chi connectivity index (χ1n) is 7.81. The molecule has 0 radical (unpaired) electrons. The van der Waals surface area contributed by atoms with Gasteiger partial charge in [-0.2, -0.15) is 0 Å². The van der Waals surface area contributed by atoms with Crippen molar-refractivity contribution in [1.29, 1.82) is 0 Å². The van der Waals surface area contributed by atoms with Crippen LogP contribution in [-0.4, -0.2) is 18.0 Å². The number of hydrogen-bond acceptors (Lipinski definition) is 2. The van der Waals surface area contributed by atoms with E-state index in [1.165, 1.54) is 37.0 Å². The molecule has 2 nitrogen and oxygen atoms in total. The Bertz CT molecular complexity index is 436. The van der Waals surface area contributed by atoms with Crippen molar-refractivity contribution in [2.45, 2.75) is 59.3 Å². The molecule has 0 atom stereocenters. The zero-order valence-electron chi connectivity index (χ0n) is 13.3. The minimum Gasteiger partial charge on any atom is -0.285 e. The van der Waals surface area contributed by atoms with E-state index >= 15 is 0 Å². The molecule has 1 heterocycles. The summed E-state index contributed by atoms with van der Waals surface area (Å²) in [7, 11) is 0. The normalized spacial score (nSPS) is 16.1. The van der Waals surface area contributed by atoms with E-state index in [1.54, 1.807) is 6.08 Å². The van der Waals surface area contributed by atoms with Crippen LogP contribution >= 0.6 is 0 Å². The van der Waals surface area contributed by atoms with Crippen LogP contribution in [0.2, 0.25) is 0 Å². The Morgan fingerprint density at radius 2 is 2.10 bits per heavy atom. The SMILES string of the molecule is C=CC(C)=NC1=CC(CCCCCC)=NCC(CC)=C1. The first-order chi connectivity index (χ1) is 9.69. The van der Waals surface area contributed by atoms with Gasteiger partial charge in [-0.15, -0.1) is 0 Å². The van der Waals surface area contributed by atoms with E-state index < -0.39 is 0 Å². The number of nitrogens with zero attached hydrogens (tertiary/aromatic N) is 2. The Labute approximate surface area is 124 Å². The summed E-state index contributed by atoms with van der Waals surface area (Å²) in [6.45, 7) is 11.0. The highest BCUT2D eigenvalue weighted by molar-refractivity contribution is 5.98. The molecule has 0 aromatic carbocycles. The summed E-state index contributed by atoms with van der Waals surface area (Å²) in [6, 6.07) is 0. The van der Waals surface area contributed by atoms with Gasteiger partial charge in [0.2, 0.25) is 0 Å². The molecule has 0 amide bonds. The van der Waals surface area contributed by atoms with Gasteiger partial charge in [-0.1, -0.05) is 39.7 Å². The fourth-order valence-corrected chi connectivity index (χ4v) is 2.13. The highest BCUT2D eigenvalue weighted by Crippen LogP contribution is 2.16. The lowest BCUT2D eigenvalue weighted by Crippen LogP contribution is -1.96. The summed E-state index contributed by atoms with van der Waals surface area (Å²) in [5.41, 5.74) is 4.51. The molecule has 1 aliphatic heterocycles. The van der Waals surface area contributed by atoms with Crippen molar-refractivity contribution < 1.29 is 0 Å². The van der Waals surface area contributed by atoms with Crippen molar-refractivity contribution in [1.82, 2.24) is 0 Å². The molecular weight excluding hydrogens is 244 g/mol. The van der Waals surface area contributed by atoms with Crippen molar-refractivity contribution in [3.8, 4) is 0 Å². The van der Waals surface area contributed by atoms with Gasteiger partial charge in [0.25, 0.3) is 0 Å². The molecular formula is C18H28N2. The molecule has 0 N–H and O–H groups in total. The molecule has 0 aromatic heterocycles. The van der Waals surface area contributed by atoms with E-state index in [-0.39, 0.29) is 0 Å². The fraction of sp³-hybridized carbons (Fsp3) is 0.556. The first kappa shape index (κ1) is 16.6. The number of allylic oxidation sites excluding steroid dienone is 3. The second-order valence-corrected chi connectivity index (χ2v) is 5.30. The lowest BCUT2D eigenvalue weighted by Gasteiger charge is -2.01. The zero-order chi connectivity index (χ0) is 14.8. The molecule has 0 aliphatic carbocycles. The van der Waals surface area contributed by atoms with Crippen LogP contribution in [0.4, 0.5) is 0 Å². The lowest BCUT2D eigenvalue weighted by molar-refractivity contribution is 0.683. The lowest BCUT2D eigenvalue weighted by atomic mass is 10.1. The van der Waals surface area contributed by atoms with Gasteiger partial charge < -0.3 is 0 Å². The van der Waals surface area contributed by atoms with Gasteiger partial charge in [0.15, 0.2) is 0 Å². The van der Waals surface area contributed by atoms with Crippen LogP contribution in [0.3, 0.4) is 0 Å². The van der Waals surface area contributed by atoms with Crippen LogP contribution in [-0.2, 0) is 0 Å². The topological polar surface area (TPSA) is 24.7 Å². The predicted molar refractivity (Wildman–Crippen MR) is 90.8 cm³/mol. The predicted octanol–water partition coefficient (Wildman–Crippen LogP) is 5.28. The molecule has 0 saturated heterocycles. The minimum atomic E-state index is 0.822. The molecule has 1 aliphatic rings. The molecule has 0 spiro atoms. The van der Waals surface area contributed by atoms with Crippen LogP contribution in [0, 0.1) is 0 Å². The van der Waals surface area contributed by atoms with Crippen LogP contribution in [0.1, 0.15) is 59.3 Å². The molecule has 0 fully saturated rings. The number of hydrogen-bond donors (Lipinski definition) is 0. The Morgan fingerprint density at radius 3 is 2.75 bits per heavy atom. The van der Waals surface area contributed by atoms with E-state index in [1.807, 2.05) is 6.92 Å². The third kappa shape index (κ3) is 6.14. The van der Waals surface area contributed by atoms with E-state index in [2.05, 4.69) is 37.6 Å². The van der Waals surface area contributed by atoms with Crippen LogP contribution in [0.15, 0.2) is 46.1 Å². The molecule has 20 heavy (non-hydrogen) atoms. The standard InChI is InChI=1S/C18H28N2/c1-5-8-9-10-11-17-13-18(20-15(4)6-2)12-16(7-3)14-19-17/h6,12-13H,2,5,7-11,14H2,1,3-4H3. The molecule has 0 aromatic rings. The Kier molecular flexibility index (Phi) is 7.86. The summed E-state index contributed by atoms with van der Waals surface area (Å²) < 4.78 is 0. The second-order valence-electron chi connectivity index (χ2n) is 5.30. The van der Waals surface area contributed by atoms with E-state index in [4.69, 9.17) is 4.99 Å². The summed E-state index contributed by atoms with van der Waals surface area (Å²) in [6.07, 6.45) is 13.3. The fourth-order valence-electron chi connectivity index (χ4n) is 2.13. The third-order valence-corrected chi connectivity index (χ3v) is 3.49. The van der Waals surface area contributed by atoms with Gasteiger partial charge in [0.05, 0.1) is 12.2 Å². The highest BCUT2D eigenvalue weighted by Gasteiger charge is 2.05. The molecule has 110 valence electrons. The molecule has 0 saturated carbocycles. The summed E-state index contributed by atoms with van der Waals surface area (Å²) in [5, 5.41) is 0. The van der Waals surface area contributed by atoms with Crippen molar-refractivity contribution >= 4 is 11.4 Å². The van der Waals surface area contributed by atoms with Crippen molar-refractivity contribution in [2.24, 2.45) is 9.98 Å². The van der Waals surface area contributed by atoms with Gasteiger partial charge in [0.1, 0.15) is 0 Å². The minimum absolute atomic E-state index is 0.822. The Balaban J connectivity index is 2.78. The van der Waals surface area contributed by atoms with E-state index in [9.17, 15) is 0 Å². The molecule has 1 rings (SSSR count). The number of rotatable bonds is 8. The van der Waals surface area contributed by atoms with Gasteiger partial charge >= 0.3 is 0 Å². The van der Waals surface area contributed by atoms with Gasteiger partial charge in [-0.05, 0) is 50.0 Å². The maximum absolute atomic E-state index is 4.73. The largest absolute Gasteiger partial charge is 0.285 e. The van der Waals surface area contributed by atoms with Gasteiger partial charge in [0, 0.05) is 11.4 Å². The quantitative estimate of drug-likeness (QED) is 0.424. The van der Waals surface area contributed by atoms with Crippen LogP contribution in [0.5, 0.6) is 0 Å². The highest BCUT2D eigenvalue weighted by atomic mass is 14.8. The Hall–Kier alpha value is -1.44. The number of unbranched alkanes of at least 4 members (excludes halogenated alkanes) is 3. The zero-order valence-corrected chi connectivity index (χ0v) is 13.3. The number of aliphatic imine (C=N–C) groups is 2. The third-order valence-electron chi connectivity index (χ3n) is 3.49. The average Bonchev–Trinajstić information content (AvgIpc) is 2.65. The van der Waals surface area contributed by atoms with Gasteiger partial charge in [-0.25, -0.2) is 0 Å². The smallest absolute Gasteiger partial charge is 0.0651 e. The summed E-state index contributed by atoms with van der Waals surface area (Å²) in [4.78, 5) is 9.34. The monoisotopic (exact) mass is 272 g/mol. The molecule has 0 bridgehead atoms. The van der Waals surface area contributed by atoms with Crippen LogP contribution in [0.25, 0.3) is 0 Å².